The molecule has 10 nitrogen and oxygen atoms in total. The Morgan fingerprint density at radius 3 is 2.57 bits per heavy atom. The number of carbonyl (C=O) groups is 3. The number of hydrogen-bond acceptors (Lipinski definition) is 8. The third-order valence-electron chi connectivity index (χ3n) is 5.18. The van der Waals surface area contributed by atoms with E-state index >= 15 is 0 Å². The van der Waals surface area contributed by atoms with Crippen LogP contribution < -0.4 is 25.0 Å². The van der Waals surface area contributed by atoms with Crippen LogP contribution in [-0.4, -0.2) is 51.1 Å². The lowest BCUT2D eigenvalue weighted by Crippen LogP contribution is -2.37. The molecule has 0 bridgehead atoms. The first-order chi connectivity index (χ1) is 17.0. The Morgan fingerprint density at radius 2 is 1.80 bits per heavy atom. The minimum Gasteiger partial charge on any atom is -0.493 e. The van der Waals surface area contributed by atoms with Crippen molar-refractivity contribution in [2.75, 3.05) is 26.9 Å². The Labute approximate surface area is 203 Å². The van der Waals surface area contributed by atoms with E-state index < -0.39 is 18.0 Å². The third kappa shape index (κ3) is 8.02. The summed E-state index contributed by atoms with van der Waals surface area (Å²) in [5.74, 6) is 0.206. The predicted octanol–water partition coefficient (Wildman–Crippen LogP) is 2.75. The summed E-state index contributed by atoms with van der Waals surface area (Å²) in [7, 11) is 1.42. The van der Waals surface area contributed by atoms with Gasteiger partial charge in [-0.2, -0.15) is 5.10 Å². The maximum atomic E-state index is 12.0. The Kier molecular flexibility index (Phi) is 9.47. The van der Waals surface area contributed by atoms with E-state index in [-0.39, 0.29) is 25.5 Å². The van der Waals surface area contributed by atoms with Gasteiger partial charge in [-0.05, 0) is 79.6 Å². The van der Waals surface area contributed by atoms with Crippen LogP contribution in [0.15, 0.2) is 41.5 Å². The van der Waals surface area contributed by atoms with E-state index in [0.717, 1.165) is 19.3 Å². The van der Waals surface area contributed by atoms with E-state index in [0.29, 0.717) is 17.1 Å². The molecule has 2 aromatic rings. The van der Waals surface area contributed by atoms with Crippen molar-refractivity contribution in [3.05, 3.63) is 53.1 Å². The first-order valence-corrected chi connectivity index (χ1v) is 11.3. The largest absolute Gasteiger partial charge is 0.513 e. The Morgan fingerprint density at radius 1 is 1.00 bits per heavy atom. The molecule has 0 aliphatic heterocycles. The van der Waals surface area contributed by atoms with Gasteiger partial charge in [0.25, 0.3) is 11.8 Å². The van der Waals surface area contributed by atoms with Crippen molar-refractivity contribution in [1.29, 1.82) is 0 Å². The van der Waals surface area contributed by atoms with Gasteiger partial charge >= 0.3 is 6.16 Å². The van der Waals surface area contributed by atoms with Crippen molar-refractivity contribution >= 4 is 24.2 Å². The molecule has 3 rings (SSSR count). The third-order valence-corrected chi connectivity index (χ3v) is 5.18. The molecule has 0 aromatic heterocycles. The number of nitrogens with one attached hydrogen (secondary N) is 2. The second-order valence-corrected chi connectivity index (χ2v) is 7.69. The number of nitrogens with zero attached hydrogens (tertiary/aromatic N) is 1. The van der Waals surface area contributed by atoms with Crippen LogP contribution in [0.2, 0.25) is 0 Å². The number of carbonyl (C=O) groups excluding carboxylic acids is 3. The van der Waals surface area contributed by atoms with Crippen LogP contribution >= 0.6 is 0 Å². The first kappa shape index (κ1) is 25.5. The van der Waals surface area contributed by atoms with Gasteiger partial charge in [-0.3, -0.25) is 9.59 Å². The van der Waals surface area contributed by atoms with Gasteiger partial charge in [0.2, 0.25) is 0 Å². The maximum Gasteiger partial charge on any atom is 0.513 e. The number of hydrogen-bond donors (Lipinski definition) is 2. The quantitative estimate of drug-likeness (QED) is 0.230. The summed E-state index contributed by atoms with van der Waals surface area (Å²) >= 11 is 0. The molecule has 0 saturated carbocycles. The van der Waals surface area contributed by atoms with Crippen molar-refractivity contribution < 1.29 is 33.3 Å². The molecule has 0 spiro atoms. The van der Waals surface area contributed by atoms with Gasteiger partial charge in [-0.1, -0.05) is 6.07 Å². The summed E-state index contributed by atoms with van der Waals surface area (Å²) in [6.45, 7) is 1.42. The van der Waals surface area contributed by atoms with Crippen LogP contribution in [0.4, 0.5) is 4.79 Å². The SMILES string of the molecule is CCOC(=O)Oc1ccc(/C=N/NC(=O)CNC(=O)COc2ccc3c(c2)CCCC3)cc1OC. The van der Waals surface area contributed by atoms with Crippen LogP contribution in [0.5, 0.6) is 17.2 Å². The molecule has 1 aliphatic rings. The van der Waals surface area contributed by atoms with E-state index in [1.807, 2.05) is 18.2 Å². The molecular formula is C25H29N3O7. The average Bonchev–Trinajstić information content (AvgIpc) is 2.87. The number of rotatable bonds is 10. The van der Waals surface area contributed by atoms with E-state index in [1.54, 1.807) is 19.1 Å². The summed E-state index contributed by atoms with van der Waals surface area (Å²) in [6, 6.07) is 10.6. The molecule has 2 aromatic carbocycles. The summed E-state index contributed by atoms with van der Waals surface area (Å²) in [5.41, 5.74) is 5.51. The zero-order valence-electron chi connectivity index (χ0n) is 19.8. The van der Waals surface area contributed by atoms with Crippen molar-refractivity contribution in [3.63, 3.8) is 0 Å². The fraction of sp³-hybridized carbons (Fsp3) is 0.360. The van der Waals surface area contributed by atoms with Crippen molar-refractivity contribution in [1.82, 2.24) is 10.7 Å². The first-order valence-electron chi connectivity index (χ1n) is 11.3. The van der Waals surface area contributed by atoms with Gasteiger partial charge in [0.15, 0.2) is 18.1 Å². The van der Waals surface area contributed by atoms with Gasteiger partial charge in [0, 0.05) is 0 Å². The summed E-state index contributed by atoms with van der Waals surface area (Å²) in [4.78, 5) is 35.4. The van der Waals surface area contributed by atoms with E-state index in [2.05, 4.69) is 15.8 Å². The molecular weight excluding hydrogens is 454 g/mol. The number of fused-ring (bicyclic) bond motifs is 1. The summed E-state index contributed by atoms with van der Waals surface area (Å²) in [5, 5.41) is 6.34. The van der Waals surface area contributed by atoms with Gasteiger partial charge in [-0.25, -0.2) is 10.2 Å². The summed E-state index contributed by atoms with van der Waals surface area (Å²) < 4.78 is 20.5. The van der Waals surface area contributed by atoms with E-state index in [9.17, 15) is 14.4 Å². The minimum atomic E-state index is -0.838. The number of benzene rings is 2. The number of methoxy groups -OCH3 is 1. The van der Waals surface area contributed by atoms with Crippen LogP contribution in [-0.2, 0) is 27.2 Å². The fourth-order valence-corrected chi connectivity index (χ4v) is 3.48. The number of ether oxygens (including phenoxy) is 4. The molecule has 0 fully saturated rings. The average molecular weight is 484 g/mol. The van der Waals surface area contributed by atoms with Gasteiger partial charge in [-0.15, -0.1) is 0 Å². The smallest absolute Gasteiger partial charge is 0.493 e. The van der Waals surface area contributed by atoms with Crippen LogP contribution in [0.3, 0.4) is 0 Å². The second kappa shape index (κ2) is 13.0. The monoisotopic (exact) mass is 483 g/mol. The van der Waals surface area contributed by atoms with Gasteiger partial charge in [0.05, 0.1) is 26.5 Å². The lowest BCUT2D eigenvalue weighted by atomic mass is 9.92. The van der Waals surface area contributed by atoms with Gasteiger partial charge < -0.3 is 24.3 Å². The molecule has 186 valence electrons. The van der Waals surface area contributed by atoms with Crippen molar-refractivity contribution in [2.24, 2.45) is 5.10 Å². The fourth-order valence-electron chi connectivity index (χ4n) is 3.48. The van der Waals surface area contributed by atoms with Crippen molar-refractivity contribution in [2.45, 2.75) is 32.6 Å². The highest BCUT2D eigenvalue weighted by atomic mass is 16.7. The van der Waals surface area contributed by atoms with E-state index in [4.69, 9.17) is 18.9 Å². The zero-order valence-corrected chi connectivity index (χ0v) is 19.8. The summed E-state index contributed by atoms with van der Waals surface area (Å²) in [6.07, 6.45) is 5.02. The molecule has 0 radical (unpaired) electrons. The highest BCUT2D eigenvalue weighted by Crippen LogP contribution is 2.28. The number of amides is 2. The van der Waals surface area contributed by atoms with E-state index in [1.165, 1.54) is 36.9 Å². The van der Waals surface area contributed by atoms with Crippen LogP contribution in [0.25, 0.3) is 0 Å². The van der Waals surface area contributed by atoms with Crippen LogP contribution in [0.1, 0.15) is 36.5 Å². The second-order valence-electron chi connectivity index (χ2n) is 7.69. The molecule has 2 amide bonds. The topological polar surface area (TPSA) is 125 Å². The van der Waals surface area contributed by atoms with Crippen LogP contribution in [0, 0.1) is 0 Å². The molecule has 2 N–H and O–H groups in total. The predicted molar refractivity (Wildman–Crippen MR) is 128 cm³/mol. The minimum absolute atomic E-state index is 0.185. The molecule has 1 aliphatic carbocycles. The molecule has 0 atom stereocenters. The molecule has 0 heterocycles. The number of hydrazone groups is 1. The Balaban J connectivity index is 1.40. The molecule has 35 heavy (non-hydrogen) atoms. The maximum absolute atomic E-state index is 12.0. The zero-order chi connectivity index (χ0) is 25.0. The highest BCUT2D eigenvalue weighted by molar-refractivity contribution is 5.87. The molecule has 0 saturated heterocycles. The lowest BCUT2D eigenvalue weighted by molar-refractivity contribution is -0.127. The highest BCUT2D eigenvalue weighted by Gasteiger charge is 2.12. The van der Waals surface area contributed by atoms with Gasteiger partial charge in [0.1, 0.15) is 5.75 Å². The Bertz CT molecular complexity index is 1080. The van der Waals surface area contributed by atoms with Crippen molar-refractivity contribution in [3.8, 4) is 17.2 Å². The Hall–Kier alpha value is -4.08. The number of aryl methyl sites for hydroxylation is 2. The molecule has 10 heteroatoms. The molecule has 0 unspecified atom stereocenters. The lowest BCUT2D eigenvalue weighted by Gasteiger charge is -2.16. The standard InChI is InChI=1S/C25H29N3O7/c1-3-33-25(31)35-21-11-8-17(12-22(21)32-2)14-27-28-23(29)15-26-24(30)16-34-20-10-9-18-6-4-5-7-19(18)13-20/h8-14H,3-7,15-16H2,1-2H3,(H,26,30)(H,28,29)/b27-14+. The normalized spacial score (nSPS) is 12.4.